The second kappa shape index (κ2) is 8.23. The predicted molar refractivity (Wildman–Crippen MR) is 97.4 cm³/mol. The second-order valence-electron chi connectivity index (χ2n) is 5.35. The molecular formula is C21H25N. The molecule has 22 heavy (non-hydrogen) atoms. The summed E-state index contributed by atoms with van der Waals surface area (Å²) in [6.07, 6.45) is 6.70. The number of rotatable bonds is 6. The van der Waals surface area contributed by atoms with Gasteiger partial charge in [0.1, 0.15) is 0 Å². The summed E-state index contributed by atoms with van der Waals surface area (Å²) >= 11 is 0. The fourth-order valence-electron chi connectivity index (χ4n) is 2.51. The SMILES string of the molecule is CCC(=C/C=C(\C)N(c1ccccc1)c1ccccc1)CC. The average Bonchev–Trinajstić information content (AvgIpc) is 2.58. The van der Waals surface area contributed by atoms with Crippen LogP contribution in [0.25, 0.3) is 0 Å². The summed E-state index contributed by atoms with van der Waals surface area (Å²) in [5, 5.41) is 0. The lowest BCUT2D eigenvalue weighted by molar-refractivity contribution is 0.976. The number of hydrogen-bond acceptors (Lipinski definition) is 1. The summed E-state index contributed by atoms with van der Waals surface area (Å²) < 4.78 is 0. The Morgan fingerprint density at radius 1 is 0.773 bits per heavy atom. The van der Waals surface area contributed by atoms with Crippen molar-refractivity contribution in [1.82, 2.24) is 0 Å². The van der Waals surface area contributed by atoms with Crippen molar-refractivity contribution < 1.29 is 0 Å². The zero-order valence-corrected chi connectivity index (χ0v) is 13.8. The fraction of sp³-hybridized carbons (Fsp3) is 0.238. The Morgan fingerprint density at radius 3 is 1.64 bits per heavy atom. The van der Waals surface area contributed by atoms with E-state index >= 15 is 0 Å². The van der Waals surface area contributed by atoms with Gasteiger partial charge in [-0.1, -0.05) is 61.9 Å². The summed E-state index contributed by atoms with van der Waals surface area (Å²) in [4.78, 5) is 2.29. The topological polar surface area (TPSA) is 3.24 Å². The van der Waals surface area contributed by atoms with Crippen molar-refractivity contribution in [2.24, 2.45) is 0 Å². The Morgan fingerprint density at radius 2 is 1.23 bits per heavy atom. The summed E-state index contributed by atoms with van der Waals surface area (Å²) in [7, 11) is 0. The van der Waals surface area contributed by atoms with E-state index in [9.17, 15) is 0 Å². The second-order valence-corrected chi connectivity index (χ2v) is 5.35. The van der Waals surface area contributed by atoms with Crippen LogP contribution in [0, 0.1) is 0 Å². The quantitative estimate of drug-likeness (QED) is 0.551. The molecule has 0 saturated heterocycles. The largest absolute Gasteiger partial charge is 0.315 e. The lowest BCUT2D eigenvalue weighted by atomic mass is 10.1. The Balaban J connectivity index is 2.41. The van der Waals surface area contributed by atoms with Crippen LogP contribution in [0.4, 0.5) is 11.4 Å². The molecule has 0 saturated carbocycles. The van der Waals surface area contributed by atoms with Gasteiger partial charge in [0.2, 0.25) is 0 Å². The maximum Gasteiger partial charge on any atom is 0.0458 e. The van der Waals surface area contributed by atoms with Crippen LogP contribution in [0.1, 0.15) is 33.6 Å². The number of para-hydroxylation sites is 2. The normalized spacial score (nSPS) is 11.1. The van der Waals surface area contributed by atoms with E-state index in [1.165, 1.54) is 22.6 Å². The Labute approximate surface area is 134 Å². The Bertz CT molecular complexity index is 578. The monoisotopic (exact) mass is 291 g/mol. The molecule has 0 amide bonds. The number of allylic oxidation sites excluding steroid dienone is 4. The van der Waals surface area contributed by atoms with Gasteiger partial charge < -0.3 is 4.90 Å². The molecule has 0 bridgehead atoms. The van der Waals surface area contributed by atoms with Gasteiger partial charge >= 0.3 is 0 Å². The average molecular weight is 291 g/mol. The van der Waals surface area contributed by atoms with E-state index in [1.54, 1.807) is 0 Å². The van der Waals surface area contributed by atoms with Crippen molar-refractivity contribution in [3.63, 3.8) is 0 Å². The van der Waals surface area contributed by atoms with E-state index in [1.807, 2.05) is 0 Å². The molecule has 2 rings (SSSR count). The van der Waals surface area contributed by atoms with Crippen LogP contribution < -0.4 is 4.90 Å². The summed E-state index contributed by atoms with van der Waals surface area (Å²) in [5.74, 6) is 0. The summed E-state index contributed by atoms with van der Waals surface area (Å²) in [6, 6.07) is 21.0. The molecule has 0 spiro atoms. The highest BCUT2D eigenvalue weighted by Gasteiger charge is 2.09. The molecule has 2 aromatic carbocycles. The molecule has 0 heterocycles. The van der Waals surface area contributed by atoms with Crippen molar-refractivity contribution in [1.29, 1.82) is 0 Å². The molecule has 0 unspecified atom stereocenters. The number of benzene rings is 2. The molecule has 0 aromatic heterocycles. The van der Waals surface area contributed by atoms with Crippen molar-refractivity contribution in [2.45, 2.75) is 33.6 Å². The van der Waals surface area contributed by atoms with Gasteiger partial charge in [-0.05, 0) is 50.1 Å². The molecule has 1 nitrogen and oxygen atoms in total. The molecule has 0 aliphatic heterocycles. The van der Waals surface area contributed by atoms with Gasteiger partial charge in [0.25, 0.3) is 0 Å². The maximum absolute atomic E-state index is 2.29. The standard InChI is InChI=1S/C21H25N/c1-4-19(5-2)17-16-18(3)22(20-12-8-6-9-13-20)21-14-10-7-11-15-21/h6-17H,4-5H2,1-3H3/b18-16+. The first-order valence-electron chi connectivity index (χ1n) is 8.02. The van der Waals surface area contributed by atoms with Gasteiger partial charge in [0.05, 0.1) is 0 Å². The Hall–Kier alpha value is -2.28. The third-order valence-corrected chi connectivity index (χ3v) is 3.85. The highest BCUT2D eigenvalue weighted by molar-refractivity contribution is 5.68. The highest BCUT2D eigenvalue weighted by atomic mass is 15.1. The van der Waals surface area contributed by atoms with Crippen LogP contribution in [0.3, 0.4) is 0 Å². The molecule has 0 radical (unpaired) electrons. The Kier molecular flexibility index (Phi) is 6.02. The van der Waals surface area contributed by atoms with E-state index in [0.717, 1.165) is 12.8 Å². The van der Waals surface area contributed by atoms with E-state index in [4.69, 9.17) is 0 Å². The molecule has 0 aliphatic rings. The molecule has 0 aliphatic carbocycles. The molecule has 114 valence electrons. The summed E-state index contributed by atoms with van der Waals surface area (Å²) in [5.41, 5.74) is 5.06. The van der Waals surface area contributed by atoms with Crippen LogP contribution >= 0.6 is 0 Å². The van der Waals surface area contributed by atoms with E-state index in [0.29, 0.717) is 0 Å². The van der Waals surface area contributed by atoms with Gasteiger partial charge in [0, 0.05) is 17.1 Å². The van der Waals surface area contributed by atoms with E-state index in [2.05, 4.69) is 98.5 Å². The van der Waals surface area contributed by atoms with Crippen molar-refractivity contribution in [2.75, 3.05) is 4.90 Å². The van der Waals surface area contributed by atoms with Crippen molar-refractivity contribution in [3.05, 3.63) is 84.1 Å². The highest BCUT2D eigenvalue weighted by Crippen LogP contribution is 2.29. The molecule has 0 N–H and O–H groups in total. The van der Waals surface area contributed by atoms with Crippen LogP contribution in [0.15, 0.2) is 84.1 Å². The molecule has 1 heteroatoms. The van der Waals surface area contributed by atoms with Crippen LogP contribution in [0.5, 0.6) is 0 Å². The number of hydrogen-bond donors (Lipinski definition) is 0. The van der Waals surface area contributed by atoms with Crippen LogP contribution in [-0.4, -0.2) is 0 Å². The van der Waals surface area contributed by atoms with Gasteiger partial charge in [-0.2, -0.15) is 0 Å². The zero-order valence-electron chi connectivity index (χ0n) is 13.8. The van der Waals surface area contributed by atoms with Crippen molar-refractivity contribution >= 4 is 11.4 Å². The lowest BCUT2D eigenvalue weighted by Gasteiger charge is -2.25. The summed E-state index contributed by atoms with van der Waals surface area (Å²) in [6.45, 7) is 6.59. The number of nitrogens with zero attached hydrogens (tertiary/aromatic N) is 1. The first kappa shape index (κ1) is 16.1. The third kappa shape index (κ3) is 4.11. The lowest BCUT2D eigenvalue weighted by Crippen LogP contribution is -2.14. The molecule has 2 aromatic rings. The first-order valence-corrected chi connectivity index (χ1v) is 8.02. The van der Waals surface area contributed by atoms with Crippen LogP contribution in [-0.2, 0) is 0 Å². The van der Waals surface area contributed by atoms with Gasteiger partial charge in [-0.3, -0.25) is 0 Å². The minimum atomic E-state index is 1.11. The third-order valence-electron chi connectivity index (χ3n) is 3.85. The first-order chi connectivity index (χ1) is 10.8. The number of anilines is 2. The van der Waals surface area contributed by atoms with E-state index < -0.39 is 0 Å². The van der Waals surface area contributed by atoms with Gasteiger partial charge in [-0.15, -0.1) is 0 Å². The van der Waals surface area contributed by atoms with Crippen LogP contribution in [0.2, 0.25) is 0 Å². The minimum absolute atomic E-state index is 1.11. The molecule has 0 atom stereocenters. The fourth-order valence-corrected chi connectivity index (χ4v) is 2.51. The minimum Gasteiger partial charge on any atom is -0.315 e. The van der Waals surface area contributed by atoms with Crippen molar-refractivity contribution in [3.8, 4) is 0 Å². The predicted octanol–water partition coefficient (Wildman–Crippen LogP) is 6.47. The van der Waals surface area contributed by atoms with Gasteiger partial charge in [0.15, 0.2) is 0 Å². The smallest absolute Gasteiger partial charge is 0.0458 e. The molecular weight excluding hydrogens is 266 g/mol. The maximum atomic E-state index is 2.29. The molecule has 0 fully saturated rings. The van der Waals surface area contributed by atoms with E-state index in [-0.39, 0.29) is 0 Å². The van der Waals surface area contributed by atoms with Gasteiger partial charge in [-0.25, -0.2) is 0 Å². The zero-order chi connectivity index (χ0) is 15.8.